The van der Waals surface area contributed by atoms with E-state index in [0.717, 1.165) is 4.70 Å². The lowest BCUT2D eigenvalue weighted by atomic mass is 10.1. The van der Waals surface area contributed by atoms with Crippen LogP contribution >= 0.6 is 11.3 Å². The molecule has 2 aromatic rings. The van der Waals surface area contributed by atoms with E-state index in [2.05, 4.69) is 0 Å². The molecule has 0 saturated heterocycles. The number of thiophene rings is 1. The molecule has 0 fully saturated rings. The van der Waals surface area contributed by atoms with E-state index in [1.54, 1.807) is 12.1 Å². The molecule has 0 atom stereocenters. The Kier molecular flexibility index (Phi) is 2.22. The quantitative estimate of drug-likeness (QED) is 0.699. The highest BCUT2D eigenvalue weighted by Crippen LogP contribution is 2.29. The van der Waals surface area contributed by atoms with Gasteiger partial charge >= 0.3 is 0 Å². The van der Waals surface area contributed by atoms with Crippen molar-refractivity contribution in [3.63, 3.8) is 0 Å². The van der Waals surface area contributed by atoms with Crippen LogP contribution in [0.15, 0.2) is 18.2 Å². The molecule has 0 unspecified atom stereocenters. The maximum Gasteiger partial charge on any atom is 0.135 e. The predicted octanol–water partition coefficient (Wildman–Crippen LogP) is 3.47. The Bertz CT molecular complexity index is 522. The molecule has 0 saturated carbocycles. The van der Waals surface area contributed by atoms with Crippen molar-refractivity contribution >= 4 is 21.4 Å². The first-order valence-corrected chi connectivity index (χ1v) is 5.19. The second-order valence-corrected chi connectivity index (χ2v) is 4.11. The van der Waals surface area contributed by atoms with E-state index in [9.17, 15) is 4.39 Å². The van der Waals surface area contributed by atoms with Crippen molar-refractivity contribution < 1.29 is 4.39 Å². The van der Waals surface area contributed by atoms with Gasteiger partial charge in [-0.05, 0) is 24.1 Å². The molecule has 0 aliphatic carbocycles. The third-order valence-corrected chi connectivity index (χ3v) is 3.21. The lowest BCUT2D eigenvalue weighted by Crippen LogP contribution is -1.86. The second kappa shape index (κ2) is 3.39. The van der Waals surface area contributed by atoms with Crippen LogP contribution in [0.4, 0.5) is 4.39 Å². The smallest absolute Gasteiger partial charge is 0.135 e. The molecule has 1 nitrogen and oxygen atoms in total. The molecule has 70 valence electrons. The van der Waals surface area contributed by atoms with Crippen LogP contribution in [0.2, 0.25) is 0 Å². The summed E-state index contributed by atoms with van der Waals surface area (Å²) < 4.78 is 14.6. The number of nitrogens with zero attached hydrogens (tertiary/aromatic N) is 1. The molecule has 1 aromatic carbocycles. The first-order valence-electron chi connectivity index (χ1n) is 4.37. The van der Waals surface area contributed by atoms with Crippen LogP contribution in [0.3, 0.4) is 0 Å². The van der Waals surface area contributed by atoms with Crippen molar-refractivity contribution in [3.05, 3.63) is 34.5 Å². The van der Waals surface area contributed by atoms with Crippen molar-refractivity contribution in [3.8, 4) is 6.07 Å². The molecule has 1 aromatic heterocycles. The Hall–Kier alpha value is -1.40. The number of benzene rings is 1. The van der Waals surface area contributed by atoms with Crippen molar-refractivity contribution in [1.82, 2.24) is 0 Å². The van der Waals surface area contributed by atoms with Gasteiger partial charge in [0.1, 0.15) is 16.8 Å². The first kappa shape index (κ1) is 9.17. The van der Waals surface area contributed by atoms with Gasteiger partial charge in [-0.25, -0.2) is 4.39 Å². The summed E-state index contributed by atoms with van der Waals surface area (Å²) in [6.07, 6.45) is 0.680. The van der Waals surface area contributed by atoms with Gasteiger partial charge in [-0.15, -0.1) is 11.3 Å². The van der Waals surface area contributed by atoms with Crippen LogP contribution in [0.5, 0.6) is 0 Å². The molecule has 0 bridgehead atoms. The Morgan fingerprint density at radius 2 is 2.29 bits per heavy atom. The van der Waals surface area contributed by atoms with E-state index < -0.39 is 0 Å². The van der Waals surface area contributed by atoms with Crippen LogP contribution in [0.25, 0.3) is 10.1 Å². The minimum Gasteiger partial charge on any atom is -0.206 e. The lowest BCUT2D eigenvalue weighted by molar-refractivity contribution is 0.624. The topological polar surface area (TPSA) is 23.8 Å². The molecular weight excluding hydrogens is 197 g/mol. The zero-order valence-electron chi connectivity index (χ0n) is 7.67. The second-order valence-electron chi connectivity index (χ2n) is 3.03. The minimum absolute atomic E-state index is 0.178. The number of hydrogen-bond acceptors (Lipinski definition) is 2. The van der Waals surface area contributed by atoms with Gasteiger partial charge < -0.3 is 0 Å². The molecule has 0 amide bonds. The van der Waals surface area contributed by atoms with Gasteiger partial charge in [-0.1, -0.05) is 13.0 Å². The molecule has 0 aliphatic heterocycles. The van der Waals surface area contributed by atoms with E-state index >= 15 is 0 Å². The normalized spacial score (nSPS) is 10.4. The van der Waals surface area contributed by atoms with Crippen LogP contribution in [-0.4, -0.2) is 0 Å². The summed E-state index contributed by atoms with van der Waals surface area (Å²) in [5, 5.41) is 9.27. The van der Waals surface area contributed by atoms with Crippen LogP contribution < -0.4 is 0 Å². The molecule has 0 radical (unpaired) electrons. The third-order valence-electron chi connectivity index (χ3n) is 2.21. The van der Waals surface area contributed by atoms with E-state index in [0.29, 0.717) is 22.2 Å². The van der Waals surface area contributed by atoms with Crippen LogP contribution in [0, 0.1) is 17.1 Å². The van der Waals surface area contributed by atoms with Gasteiger partial charge in [0.25, 0.3) is 0 Å². The van der Waals surface area contributed by atoms with Gasteiger partial charge in [-0.2, -0.15) is 5.26 Å². The zero-order valence-corrected chi connectivity index (χ0v) is 8.49. The SMILES string of the molecule is CCc1ccc2sc(C#N)cc2c1F. The van der Waals surface area contributed by atoms with Crippen LogP contribution in [-0.2, 0) is 6.42 Å². The number of halogens is 1. The molecule has 0 spiro atoms. The maximum atomic E-state index is 13.7. The summed E-state index contributed by atoms with van der Waals surface area (Å²) in [5.41, 5.74) is 0.708. The summed E-state index contributed by atoms with van der Waals surface area (Å²) >= 11 is 1.33. The molecule has 0 N–H and O–H groups in total. The minimum atomic E-state index is -0.178. The van der Waals surface area contributed by atoms with Crippen molar-refractivity contribution in [2.45, 2.75) is 13.3 Å². The summed E-state index contributed by atoms with van der Waals surface area (Å²) in [4.78, 5) is 0.562. The largest absolute Gasteiger partial charge is 0.206 e. The molecule has 3 heteroatoms. The van der Waals surface area contributed by atoms with Gasteiger partial charge in [0.05, 0.1) is 0 Å². The number of rotatable bonds is 1. The molecule has 1 heterocycles. The average Bonchev–Trinajstić information content (AvgIpc) is 2.62. The van der Waals surface area contributed by atoms with Gasteiger partial charge in [0.2, 0.25) is 0 Å². The average molecular weight is 205 g/mol. The standard InChI is InChI=1S/C11H8FNS/c1-2-7-3-4-10-9(11(7)12)5-8(6-13)14-10/h3-5H,2H2,1H3. The Morgan fingerprint density at radius 3 is 2.93 bits per heavy atom. The summed E-state index contributed by atoms with van der Waals surface area (Å²) in [6.45, 7) is 1.92. The summed E-state index contributed by atoms with van der Waals surface area (Å²) in [6, 6.07) is 7.32. The van der Waals surface area contributed by atoms with Crippen molar-refractivity contribution in [2.24, 2.45) is 0 Å². The Morgan fingerprint density at radius 1 is 1.50 bits per heavy atom. The van der Waals surface area contributed by atoms with E-state index in [1.807, 2.05) is 19.1 Å². The molecule has 14 heavy (non-hydrogen) atoms. The van der Waals surface area contributed by atoms with Gasteiger partial charge in [0.15, 0.2) is 0 Å². The van der Waals surface area contributed by atoms with E-state index in [-0.39, 0.29) is 5.82 Å². The predicted molar refractivity (Wildman–Crippen MR) is 55.9 cm³/mol. The molecule has 0 aliphatic rings. The van der Waals surface area contributed by atoms with Gasteiger partial charge in [-0.3, -0.25) is 0 Å². The van der Waals surface area contributed by atoms with E-state index in [4.69, 9.17) is 5.26 Å². The number of nitriles is 1. The lowest BCUT2D eigenvalue weighted by Gasteiger charge is -1.99. The first-order chi connectivity index (χ1) is 6.76. The zero-order chi connectivity index (χ0) is 10.1. The monoisotopic (exact) mass is 205 g/mol. The van der Waals surface area contributed by atoms with Gasteiger partial charge in [0, 0.05) is 10.1 Å². The Labute approximate surface area is 85.4 Å². The highest BCUT2D eigenvalue weighted by atomic mass is 32.1. The highest BCUT2D eigenvalue weighted by molar-refractivity contribution is 7.19. The fourth-order valence-corrected chi connectivity index (χ4v) is 2.30. The Balaban J connectivity index is 2.76. The maximum absolute atomic E-state index is 13.7. The third kappa shape index (κ3) is 1.28. The van der Waals surface area contributed by atoms with Crippen LogP contribution in [0.1, 0.15) is 17.4 Å². The fourth-order valence-electron chi connectivity index (χ4n) is 1.45. The molecule has 2 rings (SSSR count). The summed E-state index contributed by atoms with van der Waals surface area (Å²) in [5.74, 6) is -0.178. The van der Waals surface area contributed by atoms with Crippen molar-refractivity contribution in [2.75, 3.05) is 0 Å². The number of fused-ring (bicyclic) bond motifs is 1. The summed E-state index contributed by atoms with van der Waals surface area (Å²) in [7, 11) is 0. The number of hydrogen-bond donors (Lipinski definition) is 0. The highest BCUT2D eigenvalue weighted by Gasteiger charge is 2.09. The number of aryl methyl sites for hydroxylation is 1. The van der Waals surface area contributed by atoms with Crippen molar-refractivity contribution in [1.29, 1.82) is 5.26 Å². The van der Waals surface area contributed by atoms with E-state index in [1.165, 1.54) is 11.3 Å². The molecular formula is C11H8FNS. The fraction of sp³-hybridized carbons (Fsp3) is 0.182.